The molecule has 0 atom stereocenters. The Hall–Kier alpha value is -1.37. The molecule has 7 heteroatoms. The zero-order valence-electron chi connectivity index (χ0n) is 9.31. The molecule has 0 aliphatic carbocycles. The third-order valence-corrected chi connectivity index (χ3v) is 4.18. The van der Waals surface area contributed by atoms with E-state index in [1.807, 2.05) is 0 Å². The van der Waals surface area contributed by atoms with Gasteiger partial charge in [0, 0.05) is 9.50 Å². The van der Waals surface area contributed by atoms with Gasteiger partial charge in [0.05, 0.1) is 10.6 Å². The normalized spacial score (nSPS) is 10.2. The maximum absolute atomic E-state index is 11.9. The van der Waals surface area contributed by atoms with Crippen molar-refractivity contribution in [3.05, 3.63) is 49.6 Å². The number of hydrogen-bond donors (Lipinski definition) is 2. The number of amides is 1. The Morgan fingerprint density at radius 3 is 2.47 bits per heavy atom. The molecule has 0 aliphatic rings. The van der Waals surface area contributed by atoms with E-state index in [0.717, 1.165) is 11.3 Å². The summed E-state index contributed by atoms with van der Waals surface area (Å²) in [5.74, 6) is -1.41. The summed E-state index contributed by atoms with van der Waals surface area (Å²) < 4.78 is 0.656. The van der Waals surface area contributed by atoms with Crippen LogP contribution >= 0.6 is 38.9 Å². The molecule has 0 aliphatic heterocycles. The molecule has 1 heterocycles. The van der Waals surface area contributed by atoms with Crippen LogP contribution in [0.15, 0.2) is 34.8 Å². The lowest BCUT2D eigenvalue weighted by Crippen LogP contribution is -2.10. The zero-order valence-corrected chi connectivity index (χ0v) is 12.5. The molecule has 0 bridgehead atoms. The van der Waals surface area contributed by atoms with Crippen LogP contribution in [-0.2, 0) is 0 Å². The van der Waals surface area contributed by atoms with E-state index in [2.05, 4.69) is 21.2 Å². The predicted octanol–water partition coefficient (Wildman–Crippen LogP) is 4.11. The zero-order chi connectivity index (χ0) is 14.0. The Morgan fingerprint density at radius 2 is 1.89 bits per heavy atom. The van der Waals surface area contributed by atoms with Gasteiger partial charge >= 0.3 is 5.97 Å². The summed E-state index contributed by atoms with van der Waals surface area (Å²) in [6.45, 7) is 0. The van der Waals surface area contributed by atoms with Crippen molar-refractivity contribution in [1.82, 2.24) is 0 Å². The topological polar surface area (TPSA) is 66.4 Å². The van der Waals surface area contributed by atoms with E-state index in [9.17, 15) is 9.59 Å². The van der Waals surface area contributed by atoms with Gasteiger partial charge in [0.25, 0.3) is 5.91 Å². The van der Waals surface area contributed by atoms with Crippen LogP contribution in [0.2, 0.25) is 5.02 Å². The first-order valence-electron chi connectivity index (χ1n) is 5.07. The van der Waals surface area contributed by atoms with Gasteiger partial charge < -0.3 is 10.4 Å². The Morgan fingerprint density at radius 1 is 1.21 bits per heavy atom. The van der Waals surface area contributed by atoms with Crippen molar-refractivity contribution in [2.45, 2.75) is 0 Å². The SMILES string of the molecule is O=C(O)c1ccc(C(=O)Nc2ccc(Cl)cc2Br)s1. The third-order valence-electron chi connectivity index (χ3n) is 2.22. The average molecular weight is 361 g/mol. The summed E-state index contributed by atoms with van der Waals surface area (Å²) in [5.41, 5.74) is 0.569. The van der Waals surface area contributed by atoms with Crippen molar-refractivity contribution in [2.75, 3.05) is 5.32 Å². The van der Waals surface area contributed by atoms with Crippen molar-refractivity contribution in [3.63, 3.8) is 0 Å². The van der Waals surface area contributed by atoms with Crippen molar-refractivity contribution in [1.29, 1.82) is 0 Å². The fraction of sp³-hybridized carbons (Fsp3) is 0. The quantitative estimate of drug-likeness (QED) is 0.865. The van der Waals surface area contributed by atoms with Crippen LogP contribution in [0.4, 0.5) is 5.69 Å². The highest BCUT2D eigenvalue weighted by Gasteiger charge is 2.14. The first-order chi connectivity index (χ1) is 8.97. The molecular formula is C12H7BrClNO3S. The summed E-state index contributed by atoms with van der Waals surface area (Å²) in [5, 5.41) is 12.0. The molecule has 1 aromatic carbocycles. The minimum absolute atomic E-state index is 0.125. The second-order valence-corrected chi connectivity index (χ2v) is 5.92. The van der Waals surface area contributed by atoms with E-state index in [1.54, 1.807) is 18.2 Å². The number of anilines is 1. The summed E-state index contributed by atoms with van der Waals surface area (Å²) in [6.07, 6.45) is 0. The molecule has 0 radical (unpaired) electrons. The number of nitrogens with one attached hydrogen (secondary N) is 1. The van der Waals surface area contributed by atoms with Crippen LogP contribution in [0.1, 0.15) is 19.3 Å². The van der Waals surface area contributed by atoms with E-state index < -0.39 is 5.97 Å². The highest BCUT2D eigenvalue weighted by Crippen LogP contribution is 2.27. The van der Waals surface area contributed by atoms with Gasteiger partial charge in [-0.15, -0.1) is 11.3 Å². The minimum atomic E-state index is -1.04. The first-order valence-corrected chi connectivity index (χ1v) is 7.05. The third kappa shape index (κ3) is 3.34. The number of benzene rings is 1. The number of thiophene rings is 1. The molecule has 1 aromatic heterocycles. The fourth-order valence-corrected chi connectivity index (χ4v) is 2.87. The second kappa shape index (κ2) is 5.73. The Labute approximate surface area is 126 Å². The lowest BCUT2D eigenvalue weighted by Gasteiger charge is -2.06. The Balaban J connectivity index is 2.18. The molecule has 2 aromatic rings. The number of halogens is 2. The molecule has 2 N–H and O–H groups in total. The number of carboxylic acids is 1. The van der Waals surface area contributed by atoms with Gasteiger partial charge in [0.2, 0.25) is 0 Å². The van der Waals surface area contributed by atoms with Crippen molar-refractivity contribution >= 4 is 56.4 Å². The monoisotopic (exact) mass is 359 g/mol. The van der Waals surface area contributed by atoms with Crippen LogP contribution in [0, 0.1) is 0 Å². The summed E-state index contributed by atoms with van der Waals surface area (Å²) >= 11 is 10.0. The van der Waals surface area contributed by atoms with Crippen LogP contribution < -0.4 is 5.32 Å². The number of hydrogen-bond acceptors (Lipinski definition) is 3. The fourth-order valence-electron chi connectivity index (χ4n) is 1.35. The Bertz CT molecular complexity index is 656. The standard InChI is InChI=1S/C12H7BrClNO3S/c13-7-5-6(14)1-2-8(7)15-11(16)9-3-4-10(19-9)12(17)18/h1-5H,(H,15,16)(H,17,18). The maximum atomic E-state index is 11.9. The van der Waals surface area contributed by atoms with Crippen molar-refractivity contribution < 1.29 is 14.7 Å². The largest absolute Gasteiger partial charge is 0.477 e. The number of carbonyl (C=O) groups is 2. The number of carbonyl (C=O) groups excluding carboxylic acids is 1. The van der Waals surface area contributed by atoms with Gasteiger partial charge in [-0.2, -0.15) is 0 Å². The van der Waals surface area contributed by atoms with Gasteiger partial charge in [-0.1, -0.05) is 11.6 Å². The Kier molecular flexibility index (Phi) is 4.24. The average Bonchev–Trinajstić information content (AvgIpc) is 2.82. The van der Waals surface area contributed by atoms with E-state index in [0.29, 0.717) is 20.1 Å². The lowest BCUT2D eigenvalue weighted by molar-refractivity contribution is 0.0702. The molecule has 0 fully saturated rings. The molecule has 2 rings (SSSR count). The van der Waals surface area contributed by atoms with Crippen LogP contribution in [0.3, 0.4) is 0 Å². The van der Waals surface area contributed by atoms with E-state index in [-0.39, 0.29) is 10.8 Å². The number of rotatable bonds is 3. The number of carboxylic acid groups (broad SMARTS) is 1. The molecular weight excluding hydrogens is 354 g/mol. The summed E-state index contributed by atoms with van der Waals surface area (Å²) in [7, 11) is 0. The van der Waals surface area contributed by atoms with E-state index in [4.69, 9.17) is 16.7 Å². The van der Waals surface area contributed by atoms with Crippen molar-refractivity contribution in [3.8, 4) is 0 Å². The minimum Gasteiger partial charge on any atom is -0.477 e. The van der Waals surface area contributed by atoms with Crippen molar-refractivity contribution in [2.24, 2.45) is 0 Å². The summed E-state index contributed by atoms with van der Waals surface area (Å²) in [6, 6.07) is 7.86. The van der Waals surface area contributed by atoms with E-state index in [1.165, 1.54) is 12.1 Å². The number of aromatic carboxylic acids is 1. The highest BCUT2D eigenvalue weighted by molar-refractivity contribution is 9.10. The van der Waals surface area contributed by atoms with Crippen LogP contribution in [0.5, 0.6) is 0 Å². The molecule has 19 heavy (non-hydrogen) atoms. The molecule has 98 valence electrons. The maximum Gasteiger partial charge on any atom is 0.345 e. The summed E-state index contributed by atoms with van der Waals surface area (Å²) in [4.78, 5) is 23.1. The molecule has 0 saturated heterocycles. The van der Waals surface area contributed by atoms with Crippen LogP contribution in [0.25, 0.3) is 0 Å². The van der Waals surface area contributed by atoms with Crippen LogP contribution in [-0.4, -0.2) is 17.0 Å². The molecule has 1 amide bonds. The van der Waals surface area contributed by atoms with Gasteiger partial charge in [-0.3, -0.25) is 4.79 Å². The molecule has 0 spiro atoms. The molecule has 4 nitrogen and oxygen atoms in total. The highest BCUT2D eigenvalue weighted by atomic mass is 79.9. The first kappa shape index (κ1) is 14.0. The van der Waals surface area contributed by atoms with Gasteiger partial charge in [-0.05, 0) is 46.3 Å². The molecule has 0 unspecified atom stereocenters. The second-order valence-electron chi connectivity index (χ2n) is 3.55. The van der Waals surface area contributed by atoms with Gasteiger partial charge in [0.15, 0.2) is 0 Å². The predicted molar refractivity (Wildman–Crippen MR) is 78.4 cm³/mol. The smallest absolute Gasteiger partial charge is 0.345 e. The van der Waals surface area contributed by atoms with E-state index >= 15 is 0 Å². The van der Waals surface area contributed by atoms with Gasteiger partial charge in [-0.25, -0.2) is 4.79 Å². The van der Waals surface area contributed by atoms with Gasteiger partial charge in [0.1, 0.15) is 4.88 Å². The molecule has 0 saturated carbocycles. The lowest BCUT2D eigenvalue weighted by atomic mass is 10.3.